The SMILES string of the molecule is O=C(C=P(c1ccccc1)(c1ccccc1)c1ccccc1)c1c(O)c2ccccc2oc1=O. The van der Waals surface area contributed by atoms with Crippen LogP contribution in [-0.4, -0.2) is 16.7 Å². The minimum atomic E-state index is -2.64. The van der Waals surface area contributed by atoms with Crippen LogP contribution in [-0.2, 0) is 0 Å². The maximum atomic E-state index is 13.8. The number of carbonyl (C=O) groups is 1. The van der Waals surface area contributed by atoms with Crippen LogP contribution in [0.5, 0.6) is 5.75 Å². The molecule has 5 heteroatoms. The average molecular weight is 464 g/mol. The molecule has 0 atom stereocenters. The van der Waals surface area contributed by atoms with E-state index in [-0.39, 0.29) is 16.9 Å². The number of rotatable bonds is 5. The fourth-order valence-corrected chi connectivity index (χ4v) is 8.00. The highest BCUT2D eigenvalue weighted by Crippen LogP contribution is 2.44. The third kappa shape index (κ3) is 3.68. The maximum Gasteiger partial charge on any atom is 0.351 e. The Labute approximate surface area is 196 Å². The van der Waals surface area contributed by atoms with Crippen LogP contribution in [0.3, 0.4) is 0 Å². The molecule has 0 saturated carbocycles. The molecule has 34 heavy (non-hydrogen) atoms. The van der Waals surface area contributed by atoms with E-state index >= 15 is 0 Å². The van der Waals surface area contributed by atoms with Crippen molar-refractivity contribution in [3.63, 3.8) is 0 Å². The van der Waals surface area contributed by atoms with E-state index in [2.05, 4.69) is 0 Å². The predicted molar refractivity (Wildman–Crippen MR) is 140 cm³/mol. The Hall–Kier alpha value is -4.14. The number of carbonyl (C=O) groups excluding carboxylic acids is 1. The van der Waals surface area contributed by atoms with Crippen molar-refractivity contribution in [2.24, 2.45) is 0 Å². The number of fused-ring (bicyclic) bond motifs is 1. The maximum absolute atomic E-state index is 13.8. The molecule has 0 amide bonds. The van der Waals surface area contributed by atoms with Gasteiger partial charge < -0.3 is 9.52 Å². The van der Waals surface area contributed by atoms with E-state index in [0.717, 1.165) is 15.9 Å². The molecule has 1 aromatic heterocycles. The monoisotopic (exact) mass is 464 g/mol. The zero-order chi connectivity index (χ0) is 23.5. The van der Waals surface area contributed by atoms with Gasteiger partial charge in [0.1, 0.15) is 16.9 Å². The summed E-state index contributed by atoms with van der Waals surface area (Å²) in [7, 11) is 0. The summed E-state index contributed by atoms with van der Waals surface area (Å²) in [5.41, 5.74) is -0.979. The summed E-state index contributed by atoms with van der Waals surface area (Å²) in [6.45, 7) is -2.64. The summed E-state index contributed by atoms with van der Waals surface area (Å²) in [6.07, 6.45) is 0. The van der Waals surface area contributed by atoms with Gasteiger partial charge in [0.25, 0.3) is 0 Å². The number of para-hydroxylation sites is 1. The Kier molecular flexibility index (Phi) is 5.75. The summed E-state index contributed by atoms with van der Waals surface area (Å²) in [4.78, 5) is 26.7. The van der Waals surface area contributed by atoms with Crippen molar-refractivity contribution in [3.8, 4) is 5.75 Å². The molecule has 0 radical (unpaired) electrons. The third-order valence-corrected chi connectivity index (χ3v) is 9.79. The van der Waals surface area contributed by atoms with Crippen molar-refractivity contribution in [1.82, 2.24) is 0 Å². The number of Topliss-reactive ketones (excluding diaryl/α,β-unsaturated/α-hetero) is 1. The molecular weight excluding hydrogens is 443 g/mol. The molecule has 0 bridgehead atoms. The van der Waals surface area contributed by atoms with Crippen molar-refractivity contribution < 1.29 is 14.3 Å². The zero-order valence-electron chi connectivity index (χ0n) is 18.2. The normalized spacial score (nSPS) is 11.3. The molecule has 5 rings (SSSR count). The van der Waals surface area contributed by atoms with Gasteiger partial charge in [0.15, 0.2) is 5.78 Å². The van der Waals surface area contributed by atoms with Gasteiger partial charge in [0, 0.05) is 0 Å². The fourth-order valence-electron chi connectivity index (χ4n) is 4.25. The first-order valence-corrected chi connectivity index (χ1v) is 12.7. The third-order valence-electron chi connectivity index (χ3n) is 5.83. The molecule has 0 fully saturated rings. The Morgan fingerprint density at radius 3 is 1.62 bits per heavy atom. The van der Waals surface area contributed by atoms with Crippen LogP contribution < -0.4 is 21.5 Å². The lowest BCUT2D eigenvalue weighted by molar-refractivity contribution is 0.106. The number of hydrogen-bond acceptors (Lipinski definition) is 4. The molecule has 0 spiro atoms. The van der Waals surface area contributed by atoms with E-state index < -0.39 is 18.3 Å². The smallest absolute Gasteiger partial charge is 0.351 e. The van der Waals surface area contributed by atoms with Crippen LogP contribution in [0.4, 0.5) is 0 Å². The van der Waals surface area contributed by atoms with Gasteiger partial charge in [-0.2, -0.15) is 0 Å². The van der Waals surface area contributed by atoms with Gasteiger partial charge in [-0.1, -0.05) is 103 Å². The lowest BCUT2D eigenvalue weighted by Gasteiger charge is -2.28. The van der Waals surface area contributed by atoms with E-state index in [1.165, 1.54) is 0 Å². The molecule has 0 aliphatic carbocycles. The number of ketones is 1. The first-order chi connectivity index (χ1) is 16.6. The summed E-state index contributed by atoms with van der Waals surface area (Å²) >= 11 is 0. The molecule has 1 N–H and O–H groups in total. The summed E-state index contributed by atoms with van der Waals surface area (Å²) in [6, 6.07) is 36.1. The summed E-state index contributed by atoms with van der Waals surface area (Å²) in [5, 5.41) is 14.1. The minimum Gasteiger partial charge on any atom is -0.506 e. The van der Waals surface area contributed by atoms with Crippen LogP contribution in [0.25, 0.3) is 11.0 Å². The largest absolute Gasteiger partial charge is 0.506 e. The van der Waals surface area contributed by atoms with Crippen molar-refractivity contribution in [1.29, 1.82) is 0 Å². The molecular formula is C29H21O4P. The van der Waals surface area contributed by atoms with Crippen LogP contribution >= 0.6 is 6.89 Å². The first kappa shape index (κ1) is 21.7. The summed E-state index contributed by atoms with van der Waals surface area (Å²) in [5.74, 6) is 0.690. The molecule has 4 nitrogen and oxygen atoms in total. The van der Waals surface area contributed by atoms with Crippen LogP contribution in [0.2, 0.25) is 0 Å². The minimum absolute atomic E-state index is 0.233. The topological polar surface area (TPSA) is 67.5 Å². The molecule has 166 valence electrons. The van der Waals surface area contributed by atoms with E-state index in [9.17, 15) is 14.7 Å². The highest BCUT2D eigenvalue weighted by atomic mass is 31.2. The number of hydrogen-bond donors (Lipinski definition) is 1. The lowest BCUT2D eigenvalue weighted by atomic mass is 10.1. The Morgan fingerprint density at radius 1 is 0.676 bits per heavy atom. The standard InChI is InChI=1S/C29H21O4P/c30-25(27-28(31)24-18-10-11-19-26(24)33-29(27)32)20-34(21-12-4-1-5-13-21,22-14-6-2-7-15-22)23-16-8-3-9-17-23/h1-20,31H. The first-order valence-electron chi connectivity index (χ1n) is 10.8. The average Bonchev–Trinajstić information content (AvgIpc) is 2.89. The lowest BCUT2D eigenvalue weighted by Crippen LogP contribution is -2.29. The van der Waals surface area contributed by atoms with Gasteiger partial charge in [-0.05, 0) is 40.7 Å². The number of aromatic hydroxyl groups is 1. The van der Waals surface area contributed by atoms with Crippen LogP contribution in [0, 0.1) is 0 Å². The summed E-state index contributed by atoms with van der Waals surface area (Å²) < 4.78 is 5.38. The molecule has 1 heterocycles. The van der Waals surface area contributed by atoms with Crippen molar-refractivity contribution in [3.05, 3.63) is 131 Å². The Bertz CT molecular complexity index is 1480. The van der Waals surface area contributed by atoms with Gasteiger partial charge in [0.2, 0.25) is 0 Å². The Morgan fingerprint density at radius 2 is 1.12 bits per heavy atom. The number of benzene rings is 4. The van der Waals surface area contributed by atoms with Gasteiger partial charge in [-0.15, -0.1) is 0 Å². The van der Waals surface area contributed by atoms with E-state index in [1.54, 1.807) is 30.1 Å². The highest BCUT2D eigenvalue weighted by molar-refractivity contribution is 7.95. The van der Waals surface area contributed by atoms with E-state index in [0.29, 0.717) is 5.39 Å². The quantitative estimate of drug-likeness (QED) is 0.237. The second-order valence-corrected chi connectivity index (χ2v) is 11.1. The van der Waals surface area contributed by atoms with E-state index in [4.69, 9.17) is 4.42 Å². The molecule has 5 aromatic rings. The second kappa shape index (κ2) is 9.01. The van der Waals surface area contributed by atoms with Gasteiger partial charge in [-0.3, -0.25) is 4.79 Å². The highest BCUT2D eigenvalue weighted by Gasteiger charge is 2.29. The van der Waals surface area contributed by atoms with Crippen molar-refractivity contribution in [2.75, 3.05) is 0 Å². The van der Waals surface area contributed by atoms with E-state index in [1.807, 2.05) is 91.0 Å². The van der Waals surface area contributed by atoms with Gasteiger partial charge >= 0.3 is 5.63 Å². The van der Waals surface area contributed by atoms with Crippen LogP contribution in [0.15, 0.2) is 124 Å². The van der Waals surface area contributed by atoms with Crippen molar-refractivity contribution >= 4 is 45.3 Å². The predicted octanol–water partition coefficient (Wildman–Crippen LogP) is 4.48. The van der Waals surface area contributed by atoms with Crippen molar-refractivity contribution in [2.45, 2.75) is 0 Å². The molecule has 0 aliphatic rings. The second-order valence-electron chi connectivity index (χ2n) is 7.83. The molecule has 0 unspecified atom stereocenters. The Balaban J connectivity index is 1.87. The van der Waals surface area contributed by atoms with Gasteiger partial charge in [-0.25, -0.2) is 4.79 Å². The van der Waals surface area contributed by atoms with Gasteiger partial charge in [0.05, 0.1) is 5.39 Å². The molecule has 0 saturated heterocycles. The fraction of sp³-hybridized carbons (Fsp3) is 0. The molecule has 0 aliphatic heterocycles. The zero-order valence-corrected chi connectivity index (χ0v) is 19.1. The molecule has 4 aromatic carbocycles. The van der Waals surface area contributed by atoms with Crippen LogP contribution in [0.1, 0.15) is 10.4 Å².